The van der Waals surface area contributed by atoms with Gasteiger partial charge in [-0.05, 0) is 48.5 Å². The fraction of sp³-hybridized carbons (Fsp3) is 0.400. The lowest BCUT2D eigenvalue weighted by Crippen LogP contribution is -2.30. The summed E-state index contributed by atoms with van der Waals surface area (Å²) in [4.78, 5) is 1.78. The highest BCUT2D eigenvalue weighted by Gasteiger charge is 2.23. The Morgan fingerprint density at radius 1 is 1.17 bits per heavy atom. The Morgan fingerprint density at radius 3 is 2.75 bits per heavy atom. The second-order valence-electron chi connectivity index (χ2n) is 5.64. The van der Waals surface area contributed by atoms with Crippen molar-refractivity contribution in [3.05, 3.63) is 48.5 Å². The van der Waals surface area contributed by atoms with E-state index in [1.165, 1.54) is 11.0 Å². The number of benzene rings is 1. The number of nitrogens with zero attached hydrogens (tertiary/aromatic N) is 7. The number of nitrogens with one attached hydrogen (secondary N) is 1. The molecule has 1 unspecified atom stereocenters. The summed E-state index contributed by atoms with van der Waals surface area (Å²) in [5, 5.41) is 23.7. The Bertz CT molecular complexity index is 751. The summed E-state index contributed by atoms with van der Waals surface area (Å²) in [6, 6.07) is 9.84. The smallest absolute Gasteiger partial charge is 0.240 e. The van der Waals surface area contributed by atoms with E-state index in [0.29, 0.717) is 11.7 Å². The van der Waals surface area contributed by atoms with E-state index in [1.54, 1.807) is 11.0 Å². The number of tetrazole rings is 1. The Morgan fingerprint density at radius 2 is 2.00 bits per heavy atom. The average molecular weight is 326 g/mol. The Labute approximate surface area is 138 Å². The van der Waals surface area contributed by atoms with E-state index in [9.17, 15) is 0 Å². The molecule has 1 aromatic carbocycles. The topological polar surface area (TPSA) is 95.6 Å². The highest BCUT2D eigenvalue weighted by molar-refractivity contribution is 5.22. The van der Waals surface area contributed by atoms with Crippen LogP contribution in [-0.2, 0) is 0 Å². The fourth-order valence-electron chi connectivity index (χ4n) is 2.77. The number of para-hydroxylation sites is 1. The lowest BCUT2D eigenvalue weighted by molar-refractivity contribution is 0.150. The summed E-state index contributed by atoms with van der Waals surface area (Å²) in [7, 11) is 0. The second kappa shape index (κ2) is 6.75. The summed E-state index contributed by atoms with van der Waals surface area (Å²) < 4.78 is 7.57. The molecule has 3 aromatic rings. The van der Waals surface area contributed by atoms with Crippen molar-refractivity contribution in [2.75, 3.05) is 13.1 Å². The van der Waals surface area contributed by atoms with Crippen molar-refractivity contribution in [1.82, 2.24) is 40.5 Å². The molecule has 24 heavy (non-hydrogen) atoms. The minimum atomic E-state index is -0.558. The van der Waals surface area contributed by atoms with Crippen molar-refractivity contribution in [3.8, 4) is 5.75 Å². The van der Waals surface area contributed by atoms with Crippen LogP contribution in [0.1, 0.15) is 30.8 Å². The van der Waals surface area contributed by atoms with Gasteiger partial charge < -0.3 is 10.1 Å². The number of hydrogen-bond donors (Lipinski definition) is 1. The molecule has 1 saturated heterocycles. The number of aromatic nitrogens is 7. The minimum absolute atomic E-state index is 0.311. The number of hydrogen-bond acceptors (Lipinski definition) is 7. The number of rotatable bonds is 5. The highest BCUT2D eigenvalue weighted by Crippen LogP contribution is 2.22. The Balaban J connectivity index is 1.60. The minimum Gasteiger partial charge on any atom is -0.463 e. The van der Waals surface area contributed by atoms with Gasteiger partial charge in [0.2, 0.25) is 6.23 Å². The van der Waals surface area contributed by atoms with Gasteiger partial charge >= 0.3 is 0 Å². The van der Waals surface area contributed by atoms with Crippen molar-refractivity contribution >= 4 is 0 Å². The first-order chi connectivity index (χ1) is 11.9. The maximum absolute atomic E-state index is 6.04. The summed E-state index contributed by atoms with van der Waals surface area (Å²) in [5.74, 6) is 0.717. The predicted molar refractivity (Wildman–Crippen MR) is 84.2 cm³/mol. The van der Waals surface area contributed by atoms with Crippen LogP contribution in [0, 0.1) is 0 Å². The van der Waals surface area contributed by atoms with Gasteiger partial charge in [0.1, 0.15) is 17.8 Å². The fourth-order valence-corrected chi connectivity index (χ4v) is 2.77. The van der Waals surface area contributed by atoms with Gasteiger partial charge in [-0.15, -0.1) is 5.10 Å². The van der Waals surface area contributed by atoms with E-state index in [4.69, 9.17) is 4.74 Å². The average Bonchev–Trinajstić information content (AvgIpc) is 3.34. The molecule has 0 saturated carbocycles. The summed E-state index contributed by atoms with van der Waals surface area (Å²) in [5.41, 5.74) is 0.671. The summed E-state index contributed by atoms with van der Waals surface area (Å²) in [6.45, 7) is 1.97. The second-order valence-corrected chi connectivity index (χ2v) is 5.64. The van der Waals surface area contributed by atoms with Crippen LogP contribution in [0.5, 0.6) is 5.75 Å². The van der Waals surface area contributed by atoms with Crippen molar-refractivity contribution in [2.45, 2.75) is 25.1 Å². The third kappa shape index (κ3) is 3.11. The molecule has 4 rings (SSSR count). The normalized spacial score (nSPS) is 16.8. The van der Waals surface area contributed by atoms with E-state index in [1.807, 2.05) is 30.3 Å². The molecule has 0 amide bonds. The molecule has 9 heteroatoms. The molecule has 1 fully saturated rings. The zero-order valence-electron chi connectivity index (χ0n) is 13.1. The lowest BCUT2D eigenvalue weighted by Gasteiger charge is -2.21. The number of piperidine rings is 1. The predicted octanol–water partition coefficient (Wildman–Crippen LogP) is 0.815. The van der Waals surface area contributed by atoms with E-state index >= 15 is 0 Å². The van der Waals surface area contributed by atoms with Gasteiger partial charge in [0.15, 0.2) is 0 Å². The highest BCUT2D eigenvalue weighted by atomic mass is 16.5. The largest absolute Gasteiger partial charge is 0.463 e. The molecule has 0 radical (unpaired) electrons. The maximum atomic E-state index is 6.04. The van der Waals surface area contributed by atoms with E-state index in [0.717, 1.165) is 31.7 Å². The Kier molecular flexibility index (Phi) is 4.15. The standard InChI is InChI=1S/C15H18N8O/c1-2-4-13(5-3-1)24-15(22-11-17-20-21-22)14-10-18-23(19-14)12-6-8-16-9-7-12/h1-5,10-12,15-16H,6-9H2. The molecule has 0 spiro atoms. The first-order valence-corrected chi connectivity index (χ1v) is 7.97. The van der Waals surface area contributed by atoms with Gasteiger partial charge in [-0.25, -0.2) is 0 Å². The zero-order valence-corrected chi connectivity index (χ0v) is 13.1. The van der Waals surface area contributed by atoms with Crippen LogP contribution < -0.4 is 10.1 Å². The van der Waals surface area contributed by atoms with E-state index < -0.39 is 6.23 Å². The van der Waals surface area contributed by atoms with Crippen molar-refractivity contribution < 1.29 is 4.74 Å². The van der Waals surface area contributed by atoms with Gasteiger partial charge in [-0.3, -0.25) is 0 Å². The van der Waals surface area contributed by atoms with E-state index in [-0.39, 0.29) is 0 Å². The molecule has 2 aromatic heterocycles. The van der Waals surface area contributed by atoms with Crippen LogP contribution in [0.25, 0.3) is 0 Å². The lowest BCUT2D eigenvalue weighted by atomic mass is 10.1. The molecule has 3 heterocycles. The van der Waals surface area contributed by atoms with Crippen LogP contribution >= 0.6 is 0 Å². The van der Waals surface area contributed by atoms with Crippen LogP contribution in [0.15, 0.2) is 42.9 Å². The first kappa shape index (κ1) is 14.8. The van der Waals surface area contributed by atoms with Crippen molar-refractivity contribution in [2.24, 2.45) is 0 Å². The van der Waals surface area contributed by atoms with Crippen molar-refractivity contribution in [3.63, 3.8) is 0 Å². The summed E-state index contributed by atoms with van der Waals surface area (Å²) in [6.07, 6.45) is 4.71. The zero-order chi connectivity index (χ0) is 16.2. The van der Waals surface area contributed by atoms with Gasteiger partial charge in [0.25, 0.3) is 0 Å². The third-order valence-corrected chi connectivity index (χ3v) is 4.01. The Hall–Kier alpha value is -2.81. The SMILES string of the molecule is c1ccc(OC(c2cnn(C3CCNCC3)n2)n2cnnn2)cc1. The molecule has 1 N–H and O–H groups in total. The first-order valence-electron chi connectivity index (χ1n) is 7.97. The molecule has 1 atom stereocenters. The molecular formula is C15H18N8O. The number of ether oxygens (including phenoxy) is 1. The molecule has 0 aliphatic carbocycles. The quantitative estimate of drug-likeness (QED) is 0.741. The van der Waals surface area contributed by atoms with Crippen LogP contribution in [0.4, 0.5) is 0 Å². The molecule has 1 aliphatic heterocycles. The van der Waals surface area contributed by atoms with Crippen LogP contribution in [0.3, 0.4) is 0 Å². The van der Waals surface area contributed by atoms with Gasteiger partial charge in [0, 0.05) is 0 Å². The molecular weight excluding hydrogens is 308 g/mol. The van der Waals surface area contributed by atoms with E-state index in [2.05, 4.69) is 31.0 Å². The maximum Gasteiger partial charge on any atom is 0.240 e. The summed E-state index contributed by atoms with van der Waals surface area (Å²) >= 11 is 0. The van der Waals surface area contributed by atoms with Gasteiger partial charge in [-0.1, -0.05) is 18.2 Å². The van der Waals surface area contributed by atoms with Gasteiger partial charge in [-0.2, -0.15) is 19.7 Å². The molecule has 0 bridgehead atoms. The van der Waals surface area contributed by atoms with Crippen LogP contribution in [-0.4, -0.2) is 48.3 Å². The molecule has 1 aliphatic rings. The monoisotopic (exact) mass is 326 g/mol. The van der Waals surface area contributed by atoms with Crippen molar-refractivity contribution in [1.29, 1.82) is 0 Å². The van der Waals surface area contributed by atoms with Crippen LogP contribution in [0.2, 0.25) is 0 Å². The molecule has 124 valence electrons. The van der Waals surface area contributed by atoms with Gasteiger partial charge in [0.05, 0.1) is 12.2 Å². The molecule has 9 nitrogen and oxygen atoms in total. The third-order valence-electron chi connectivity index (χ3n) is 4.01.